The van der Waals surface area contributed by atoms with Gasteiger partial charge in [-0.15, -0.1) is 0 Å². The molecule has 2 heterocycles. The first-order chi connectivity index (χ1) is 10.4. The Hall–Kier alpha value is -1.39. The molecule has 0 radical (unpaired) electrons. The Morgan fingerprint density at radius 3 is 3.14 bits per heavy atom. The van der Waals surface area contributed by atoms with E-state index in [0.29, 0.717) is 0 Å². The molecule has 21 heavy (non-hydrogen) atoms. The molecule has 1 fully saturated rings. The summed E-state index contributed by atoms with van der Waals surface area (Å²) in [6.45, 7) is 5.56. The summed E-state index contributed by atoms with van der Waals surface area (Å²) in [5, 5.41) is 0. The van der Waals surface area contributed by atoms with Crippen LogP contribution in [0.15, 0.2) is 30.6 Å². The van der Waals surface area contributed by atoms with Gasteiger partial charge in [-0.25, -0.2) is 4.98 Å². The number of aromatic nitrogens is 2. The number of fused-ring (bicyclic) bond motifs is 1. The van der Waals surface area contributed by atoms with Gasteiger partial charge in [0.25, 0.3) is 0 Å². The zero-order chi connectivity index (χ0) is 14.5. The van der Waals surface area contributed by atoms with Crippen LogP contribution >= 0.6 is 0 Å². The van der Waals surface area contributed by atoms with Crippen molar-refractivity contribution in [1.29, 1.82) is 0 Å². The van der Waals surface area contributed by atoms with E-state index in [1.807, 2.05) is 6.33 Å². The maximum absolute atomic E-state index is 5.15. The quantitative estimate of drug-likeness (QED) is 0.765. The lowest BCUT2D eigenvalue weighted by molar-refractivity contribution is 0.135. The zero-order valence-electron chi connectivity index (χ0n) is 12.9. The molecule has 1 aromatic carbocycles. The van der Waals surface area contributed by atoms with Crippen LogP contribution in [0.5, 0.6) is 0 Å². The molecule has 4 nitrogen and oxygen atoms in total. The maximum Gasteiger partial charge on any atom is 0.0958 e. The highest BCUT2D eigenvalue weighted by Gasteiger charge is 2.20. The summed E-state index contributed by atoms with van der Waals surface area (Å²) in [6, 6.07) is 8.40. The Morgan fingerprint density at radius 1 is 1.33 bits per heavy atom. The fourth-order valence-corrected chi connectivity index (χ4v) is 3.37. The fraction of sp³-hybridized carbons (Fsp3) is 0.588. The predicted molar refractivity (Wildman–Crippen MR) is 85.4 cm³/mol. The molecule has 0 N–H and O–H groups in total. The Labute approximate surface area is 126 Å². The van der Waals surface area contributed by atoms with Gasteiger partial charge in [-0.05, 0) is 43.9 Å². The average Bonchev–Trinajstić information content (AvgIpc) is 2.91. The lowest BCUT2D eigenvalue weighted by Gasteiger charge is -2.33. The van der Waals surface area contributed by atoms with Crippen molar-refractivity contribution >= 4 is 11.0 Å². The first kappa shape index (κ1) is 14.5. The second-order valence-electron chi connectivity index (χ2n) is 6.04. The summed E-state index contributed by atoms with van der Waals surface area (Å²) in [7, 11) is 1.78. The highest BCUT2D eigenvalue weighted by molar-refractivity contribution is 5.74. The van der Waals surface area contributed by atoms with Gasteiger partial charge in [0.1, 0.15) is 0 Å². The van der Waals surface area contributed by atoms with Crippen molar-refractivity contribution in [1.82, 2.24) is 14.5 Å². The van der Waals surface area contributed by atoms with Crippen LogP contribution in [0.4, 0.5) is 0 Å². The minimum Gasteiger partial charge on any atom is -0.385 e. The molecule has 3 rings (SSSR count). The highest BCUT2D eigenvalue weighted by atomic mass is 16.5. The number of hydrogen-bond acceptors (Lipinski definition) is 3. The van der Waals surface area contributed by atoms with E-state index >= 15 is 0 Å². The molecule has 0 amide bonds. The standard InChI is InChI=1S/C17H25N3O/c1-21-11-5-10-19-9-4-6-15(12-19)13-20-14-18-16-7-2-3-8-17(16)20/h2-3,7-8,14-15H,4-6,9-13H2,1H3. The molecule has 2 aromatic rings. The summed E-state index contributed by atoms with van der Waals surface area (Å²) in [5.41, 5.74) is 2.36. The van der Waals surface area contributed by atoms with E-state index in [0.717, 1.165) is 37.6 Å². The van der Waals surface area contributed by atoms with E-state index in [2.05, 4.69) is 38.7 Å². The minimum atomic E-state index is 0.735. The summed E-state index contributed by atoms with van der Waals surface area (Å²) in [6.07, 6.45) is 5.77. The first-order valence-electron chi connectivity index (χ1n) is 7.98. The topological polar surface area (TPSA) is 30.3 Å². The SMILES string of the molecule is COCCCN1CCCC(Cn2cnc3ccccc32)C1. The smallest absolute Gasteiger partial charge is 0.0958 e. The Kier molecular flexibility index (Phi) is 4.88. The monoisotopic (exact) mass is 287 g/mol. The van der Waals surface area contributed by atoms with Crippen molar-refractivity contribution in [2.75, 3.05) is 33.4 Å². The molecular formula is C17H25N3O. The van der Waals surface area contributed by atoms with Crippen molar-refractivity contribution in [2.24, 2.45) is 5.92 Å². The molecule has 1 saturated heterocycles. The molecule has 4 heteroatoms. The number of likely N-dealkylation sites (tertiary alicyclic amines) is 1. The van der Waals surface area contributed by atoms with Crippen LogP contribution in [0, 0.1) is 5.92 Å². The molecule has 0 aliphatic carbocycles. The fourth-order valence-electron chi connectivity index (χ4n) is 3.37. The van der Waals surface area contributed by atoms with Gasteiger partial charge in [-0.1, -0.05) is 12.1 Å². The van der Waals surface area contributed by atoms with Gasteiger partial charge in [0.15, 0.2) is 0 Å². The third-order valence-corrected chi connectivity index (χ3v) is 4.41. The Balaban J connectivity index is 1.59. The number of para-hydroxylation sites is 2. The van der Waals surface area contributed by atoms with Crippen LogP contribution in [-0.4, -0.2) is 47.8 Å². The Bertz CT molecular complexity index is 566. The van der Waals surface area contributed by atoms with Crippen molar-refractivity contribution in [3.05, 3.63) is 30.6 Å². The molecule has 1 unspecified atom stereocenters. The lowest BCUT2D eigenvalue weighted by Crippen LogP contribution is -2.37. The van der Waals surface area contributed by atoms with Gasteiger partial charge in [-0.2, -0.15) is 0 Å². The van der Waals surface area contributed by atoms with Gasteiger partial charge < -0.3 is 14.2 Å². The third kappa shape index (κ3) is 3.63. The number of methoxy groups -OCH3 is 1. The highest BCUT2D eigenvalue weighted by Crippen LogP contribution is 2.21. The molecule has 0 saturated carbocycles. The zero-order valence-corrected chi connectivity index (χ0v) is 12.9. The third-order valence-electron chi connectivity index (χ3n) is 4.41. The normalized spacial score (nSPS) is 20.1. The van der Waals surface area contributed by atoms with E-state index < -0.39 is 0 Å². The van der Waals surface area contributed by atoms with Crippen molar-refractivity contribution < 1.29 is 4.74 Å². The molecule has 1 atom stereocenters. The van der Waals surface area contributed by atoms with Crippen LogP contribution in [0.3, 0.4) is 0 Å². The molecular weight excluding hydrogens is 262 g/mol. The van der Waals surface area contributed by atoms with Gasteiger partial charge in [-0.3, -0.25) is 0 Å². The Morgan fingerprint density at radius 2 is 2.24 bits per heavy atom. The average molecular weight is 287 g/mol. The van der Waals surface area contributed by atoms with Crippen molar-refractivity contribution in [2.45, 2.75) is 25.8 Å². The van der Waals surface area contributed by atoms with Gasteiger partial charge >= 0.3 is 0 Å². The predicted octanol–water partition coefficient (Wildman–Crippen LogP) is 2.78. The molecule has 1 aliphatic rings. The number of imidazole rings is 1. The minimum absolute atomic E-state index is 0.735. The van der Waals surface area contributed by atoms with Crippen molar-refractivity contribution in [3.8, 4) is 0 Å². The van der Waals surface area contributed by atoms with Gasteiger partial charge in [0.05, 0.1) is 17.4 Å². The number of benzene rings is 1. The van der Waals surface area contributed by atoms with Gasteiger partial charge in [0.2, 0.25) is 0 Å². The largest absolute Gasteiger partial charge is 0.385 e. The van der Waals surface area contributed by atoms with Crippen LogP contribution in [0.1, 0.15) is 19.3 Å². The van der Waals surface area contributed by atoms with E-state index in [-0.39, 0.29) is 0 Å². The van der Waals surface area contributed by atoms with E-state index in [9.17, 15) is 0 Å². The number of rotatable bonds is 6. The van der Waals surface area contributed by atoms with E-state index in [1.165, 1.54) is 31.4 Å². The summed E-state index contributed by atoms with van der Waals surface area (Å²) in [4.78, 5) is 7.09. The second-order valence-corrected chi connectivity index (χ2v) is 6.04. The van der Waals surface area contributed by atoms with E-state index in [1.54, 1.807) is 7.11 Å². The van der Waals surface area contributed by atoms with Crippen molar-refractivity contribution in [3.63, 3.8) is 0 Å². The van der Waals surface area contributed by atoms with Crippen LogP contribution in [-0.2, 0) is 11.3 Å². The first-order valence-corrected chi connectivity index (χ1v) is 7.98. The van der Waals surface area contributed by atoms with Crippen LogP contribution in [0.2, 0.25) is 0 Å². The number of ether oxygens (including phenoxy) is 1. The number of piperidine rings is 1. The second kappa shape index (κ2) is 7.05. The molecule has 1 aliphatic heterocycles. The molecule has 114 valence electrons. The van der Waals surface area contributed by atoms with Crippen LogP contribution < -0.4 is 0 Å². The molecule has 0 bridgehead atoms. The molecule has 1 aromatic heterocycles. The van der Waals surface area contributed by atoms with Crippen LogP contribution in [0.25, 0.3) is 11.0 Å². The van der Waals surface area contributed by atoms with Gasteiger partial charge in [0, 0.05) is 33.4 Å². The summed E-state index contributed by atoms with van der Waals surface area (Å²) >= 11 is 0. The van der Waals surface area contributed by atoms with E-state index in [4.69, 9.17) is 4.74 Å². The lowest BCUT2D eigenvalue weighted by atomic mass is 9.97. The molecule has 0 spiro atoms. The summed E-state index contributed by atoms with van der Waals surface area (Å²) < 4.78 is 7.47. The number of nitrogens with zero attached hydrogens (tertiary/aromatic N) is 3. The maximum atomic E-state index is 5.15. The summed E-state index contributed by atoms with van der Waals surface area (Å²) in [5.74, 6) is 0.735. The number of hydrogen-bond donors (Lipinski definition) is 0.